The summed E-state index contributed by atoms with van der Waals surface area (Å²) >= 11 is 0. The topological polar surface area (TPSA) is 150 Å². The molecule has 2 aromatic rings. The Kier molecular flexibility index (Phi) is 7.30. The standard InChI is InChI=1S/C18H18F7N5O7/c1-5(31)35-10-7(19)9(11(18(23,24)25)36-6(2)32)37-14(10)30-12-8(13(34-3)28-15(26)27-12)29(16(30)33)4-17(20,21)22/h7,9-11,14H,4H2,1-3H3,(H2,26,27,28)/t7-,9-,10+,11?,14+/m0/s1. The van der Waals surface area contributed by atoms with E-state index < -0.39 is 90.2 Å². The van der Waals surface area contributed by atoms with Crippen molar-refractivity contribution in [3.05, 3.63) is 10.5 Å². The highest BCUT2D eigenvalue weighted by Gasteiger charge is 2.60. The lowest BCUT2D eigenvalue weighted by molar-refractivity contribution is -0.252. The molecule has 1 aliphatic rings. The second kappa shape index (κ2) is 9.67. The predicted octanol–water partition coefficient (Wildman–Crippen LogP) is 1.41. The van der Waals surface area contributed by atoms with Gasteiger partial charge in [-0.3, -0.25) is 14.2 Å². The van der Waals surface area contributed by atoms with E-state index in [1.54, 1.807) is 0 Å². The third kappa shape index (κ3) is 5.54. The van der Waals surface area contributed by atoms with Crippen molar-refractivity contribution in [2.24, 2.45) is 0 Å². The van der Waals surface area contributed by atoms with Crippen LogP contribution in [-0.4, -0.2) is 75.0 Å². The zero-order chi connectivity index (χ0) is 28.0. The highest BCUT2D eigenvalue weighted by molar-refractivity contribution is 5.78. The molecule has 12 nitrogen and oxygen atoms in total. The number of ether oxygens (including phenoxy) is 4. The van der Waals surface area contributed by atoms with Gasteiger partial charge in [-0.2, -0.15) is 36.3 Å². The van der Waals surface area contributed by atoms with Crippen LogP contribution < -0.4 is 16.2 Å². The molecule has 2 N–H and O–H groups in total. The first kappa shape index (κ1) is 27.9. The van der Waals surface area contributed by atoms with Gasteiger partial charge < -0.3 is 24.7 Å². The summed E-state index contributed by atoms with van der Waals surface area (Å²) in [5.74, 6) is -4.00. The van der Waals surface area contributed by atoms with Crippen LogP contribution in [0, 0.1) is 0 Å². The molecular formula is C18H18F7N5O7. The monoisotopic (exact) mass is 549 g/mol. The molecule has 0 radical (unpaired) electrons. The van der Waals surface area contributed by atoms with Gasteiger partial charge in [0.15, 0.2) is 29.7 Å². The van der Waals surface area contributed by atoms with Crippen LogP contribution in [0.3, 0.4) is 0 Å². The van der Waals surface area contributed by atoms with Gasteiger partial charge in [0.2, 0.25) is 17.9 Å². The Labute approximate surface area is 201 Å². The molecule has 2 aromatic heterocycles. The number of hydrogen-bond acceptors (Lipinski definition) is 10. The Hall–Kier alpha value is -3.64. The lowest BCUT2D eigenvalue weighted by Gasteiger charge is -2.26. The molecule has 19 heteroatoms. The Morgan fingerprint density at radius 2 is 1.76 bits per heavy atom. The van der Waals surface area contributed by atoms with Gasteiger partial charge >= 0.3 is 30.0 Å². The van der Waals surface area contributed by atoms with Gasteiger partial charge in [-0.15, -0.1) is 0 Å². The molecule has 37 heavy (non-hydrogen) atoms. The second-order valence-electron chi connectivity index (χ2n) is 7.70. The number of nitrogens with two attached hydrogens (primary N) is 1. The van der Waals surface area contributed by atoms with Gasteiger partial charge in [0.25, 0.3) is 0 Å². The first-order chi connectivity index (χ1) is 17.0. The Morgan fingerprint density at radius 1 is 1.14 bits per heavy atom. The number of methoxy groups -OCH3 is 1. The summed E-state index contributed by atoms with van der Waals surface area (Å²) in [5, 5.41) is 0. The maximum atomic E-state index is 15.3. The summed E-state index contributed by atoms with van der Waals surface area (Å²) in [6, 6.07) is 0. The van der Waals surface area contributed by atoms with Crippen LogP contribution in [0.25, 0.3) is 11.2 Å². The molecule has 1 unspecified atom stereocenters. The molecule has 1 aliphatic heterocycles. The van der Waals surface area contributed by atoms with E-state index >= 15 is 4.39 Å². The average molecular weight is 549 g/mol. The van der Waals surface area contributed by atoms with Gasteiger partial charge in [0, 0.05) is 13.8 Å². The molecule has 3 heterocycles. The van der Waals surface area contributed by atoms with Crippen LogP contribution in [0.2, 0.25) is 0 Å². The van der Waals surface area contributed by atoms with Crippen molar-refractivity contribution < 1.29 is 59.3 Å². The smallest absolute Gasteiger partial charge is 0.428 e. The lowest BCUT2D eigenvalue weighted by atomic mass is 10.1. The second-order valence-corrected chi connectivity index (χ2v) is 7.70. The summed E-state index contributed by atoms with van der Waals surface area (Å²) in [4.78, 5) is 43.2. The van der Waals surface area contributed by atoms with Crippen LogP contribution in [0.15, 0.2) is 4.79 Å². The molecule has 5 atom stereocenters. The molecule has 1 fully saturated rings. The van der Waals surface area contributed by atoms with Crippen LogP contribution in [-0.2, 0) is 30.3 Å². The van der Waals surface area contributed by atoms with E-state index in [4.69, 9.17) is 19.9 Å². The third-order valence-corrected chi connectivity index (χ3v) is 4.99. The first-order valence-corrected chi connectivity index (χ1v) is 10.1. The largest absolute Gasteiger partial charge is 0.479 e. The fourth-order valence-electron chi connectivity index (χ4n) is 3.77. The number of hydrogen-bond donors (Lipinski definition) is 1. The maximum Gasteiger partial charge on any atom is 0.428 e. The van der Waals surface area contributed by atoms with E-state index in [0.29, 0.717) is 6.92 Å². The fraction of sp³-hybridized carbons (Fsp3) is 0.611. The van der Waals surface area contributed by atoms with E-state index in [2.05, 4.69) is 14.7 Å². The lowest BCUT2D eigenvalue weighted by Crippen LogP contribution is -2.47. The summed E-state index contributed by atoms with van der Waals surface area (Å²) in [6.07, 6.45) is -23.9. The number of carbonyl (C=O) groups is 2. The van der Waals surface area contributed by atoms with Gasteiger partial charge in [-0.25, -0.2) is 13.8 Å². The minimum absolute atomic E-state index is 0.0513. The van der Waals surface area contributed by atoms with Gasteiger partial charge in [-0.05, 0) is 0 Å². The number of anilines is 1. The van der Waals surface area contributed by atoms with Gasteiger partial charge in [-0.1, -0.05) is 0 Å². The number of alkyl halides is 7. The fourth-order valence-corrected chi connectivity index (χ4v) is 3.77. The van der Waals surface area contributed by atoms with Crippen LogP contribution >= 0.6 is 0 Å². The number of nitrogen functional groups attached to an aromatic ring is 1. The average Bonchev–Trinajstić information content (AvgIpc) is 3.17. The molecule has 1 saturated heterocycles. The highest BCUT2D eigenvalue weighted by atomic mass is 19.4. The quantitative estimate of drug-likeness (QED) is 0.414. The van der Waals surface area contributed by atoms with Gasteiger partial charge in [0.1, 0.15) is 12.6 Å². The molecule has 3 rings (SSSR count). The Bertz CT molecular complexity index is 1260. The summed E-state index contributed by atoms with van der Waals surface area (Å²) < 4.78 is 115. The van der Waals surface area contributed by atoms with E-state index in [-0.39, 0.29) is 9.13 Å². The van der Waals surface area contributed by atoms with Crippen LogP contribution in [0.5, 0.6) is 5.88 Å². The zero-order valence-electron chi connectivity index (χ0n) is 19.0. The van der Waals surface area contributed by atoms with E-state index in [9.17, 15) is 40.7 Å². The number of aromatic nitrogens is 4. The van der Waals surface area contributed by atoms with Crippen molar-refractivity contribution in [1.29, 1.82) is 0 Å². The van der Waals surface area contributed by atoms with E-state index in [1.165, 1.54) is 0 Å². The molecule has 0 aromatic carbocycles. The molecular weight excluding hydrogens is 531 g/mol. The molecule has 0 aliphatic carbocycles. The van der Waals surface area contributed by atoms with Crippen molar-refractivity contribution in [1.82, 2.24) is 19.1 Å². The summed E-state index contributed by atoms with van der Waals surface area (Å²) in [7, 11) is 0.968. The minimum Gasteiger partial charge on any atom is -0.479 e. The number of nitrogens with zero attached hydrogens (tertiary/aromatic N) is 4. The van der Waals surface area contributed by atoms with Crippen LogP contribution in [0.4, 0.5) is 36.7 Å². The number of esters is 2. The van der Waals surface area contributed by atoms with Crippen molar-refractivity contribution in [2.45, 2.75) is 63.5 Å². The Balaban J connectivity index is 2.29. The van der Waals surface area contributed by atoms with Crippen molar-refractivity contribution >= 4 is 29.1 Å². The molecule has 0 amide bonds. The van der Waals surface area contributed by atoms with Crippen LogP contribution in [0.1, 0.15) is 20.1 Å². The maximum absolute atomic E-state index is 15.3. The third-order valence-electron chi connectivity index (χ3n) is 4.99. The van der Waals surface area contributed by atoms with Crippen molar-refractivity contribution in [3.63, 3.8) is 0 Å². The number of carbonyl (C=O) groups excluding carboxylic acids is 2. The molecule has 0 spiro atoms. The van der Waals surface area contributed by atoms with E-state index in [0.717, 1.165) is 14.0 Å². The normalized spacial score (nSPS) is 23.2. The summed E-state index contributed by atoms with van der Waals surface area (Å²) in [5.41, 5.74) is 2.44. The highest BCUT2D eigenvalue weighted by Crippen LogP contribution is 2.41. The predicted molar refractivity (Wildman–Crippen MR) is 105 cm³/mol. The number of fused-ring (bicyclic) bond motifs is 1. The van der Waals surface area contributed by atoms with Crippen molar-refractivity contribution in [2.75, 3.05) is 12.8 Å². The number of imidazole rings is 1. The van der Waals surface area contributed by atoms with E-state index in [1.807, 2.05) is 0 Å². The molecule has 206 valence electrons. The number of halogens is 7. The summed E-state index contributed by atoms with van der Waals surface area (Å²) in [6.45, 7) is -0.600. The van der Waals surface area contributed by atoms with Crippen molar-refractivity contribution in [3.8, 4) is 5.88 Å². The first-order valence-electron chi connectivity index (χ1n) is 10.1. The zero-order valence-corrected chi connectivity index (χ0v) is 19.0. The Morgan fingerprint density at radius 3 is 2.24 bits per heavy atom. The minimum atomic E-state index is -5.40. The molecule has 0 saturated carbocycles. The SMILES string of the molecule is COc1nc(N)nc2c1n(CC(F)(F)F)c(=O)n2[C@@H]1O[C@H](C(OC(C)=O)C(F)(F)F)[C@H](F)[C@H]1OC(C)=O. The van der Waals surface area contributed by atoms with Gasteiger partial charge in [0.05, 0.1) is 7.11 Å². The molecule has 0 bridgehead atoms. The number of rotatable bonds is 6.